The van der Waals surface area contributed by atoms with Gasteiger partial charge >= 0.3 is 0 Å². The lowest BCUT2D eigenvalue weighted by Crippen LogP contribution is -2.58. The SMILES string of the molecule is NC(=O)C1CCN1C(=O)C1C=CC(N)C1. The number of carbonyl (C=O) groups excluding carboxylic acids is 2. The van der Waals surface area contributed by atoms with Crippen LogP contribution in [0.3, 0.4) is 0 Å². The van der Waals surface area contributed by atoms with Crippen molar-refractivity contribution in [2.45, 2.75) is 24.9 Å². The van der Waals surface area contributed by atoms with Crippen molar-refractivity contribution in [3.05, 3.63) is 12.2 Å². The Bertz CT molecular complexity index is 327. The third-order valence-electron chi connectivity index (χ3n) is 3.07. The molecule has 0 radical (unpaired) electrons. The molecule has 2 rings (SSSR count). The van der Waals surface area contributed by atoms with Crippen molar-refractivity contribution < 1.29 is 9.59 Å². The minimum Gasteiger partial charge on any atom is -0.368 e. The molecular weight excluding hydrogens is 194 g/mol. The van der Waals surface area contributed by atoms with Crippen LogP contribution in [-0.4, -0.2) is 35.3 Å². The maximum atomic E-state index is 11.9. The third kappa shape index (κ3) is 1.74. The summed E-state index contributed by atoms with van der Waals surface area (Å²) in [5.41, 5.74) is 10.8. The number of nitrogens with two attached hydrogens (primary N) is 2. The van der Waals surface area contributed by atoms with Crippen LogP contribution in [0.1, 0.15) is 12.8 Å². The van der Waals surface area contributed by atoms with E-state index in [1.165, 1.54) is 0 Å². The van der Waals surface area contributed by atoms with E-state index in [0.717, 1.165) is 0 Å². The fourth-order valence-corrected chi connectivity index (χ4v) is 2.07. The summed E-state index contributed by atoms with van der Waals surface area (Å²) in [5.74, 6) is -0.600. The van der Waals surface area contributed by atoms with Crippen molar-refractivity contribution in [2.24, 2.45) is 17.4 Å². The molecule has 1 heterocycles. The Balaban J connectivity index is 1.97. The van der Waals surface area contributed by atoms with Crippen LogP contribution in [0.2, 0.25) is 0 Å². The average Bonchev–Trinajstić information content (AvgIpc) is 2.48. The third-order valence-corrected chi connectivity index (χ3v) is 3.07. The van der Waals surface area contributed by atoms with Crippen LogP contribution < -0.4 is 11.5 Å². The molecule has 0 aromatic carbocycles. The number of rotatable bonds is 2. The van der Waals surface area contributed by atoms with Gasteiger partial charge in [0, 0.05) is 12.6 Å². The fourth-order valence-electron chi connectivity index (χ4n) is 2.07. The molecule has 2 aliphatic rings. The van der Waals surface area contributed by atoms with E-state index in [-0.39, 0.29) is 17.9 Å². The molecule has 15 heavy (non-hydrogen) atoms. The first-order valence-corrected chi connectivity index (χ1v) is 5.13. The van der Waals surface area contributed by atoms with Gasteiger partial charge in [0.15, 0.2) is 0 Å². The molecule has 5 nitrogen and oxygen atoms in total. The highest BCUT2D eigenvalue weighted by Gasteiger charge is 2.39. The van der Waals surface area contributed by atoms with Crippen molar-refractivity contribution >= 4 is 11.8 Å². The zero-order chi connectivity index (χ0) is 11.0. The van der Waals surface area contributed by atoms with Crippen molar-refractivity contribution in [1.82, 2.24) is 4.90 Å². The first-order valence-electron chi connectivity index (χ1n) is 5.13. The van der Waals surface area contributed by atoms with E-state index in [4.69, 9.17) is 11.5 Å². The van der Waals surface area contributed by atoms with Crippen molar-refractivity contribution in [3.8, 4) is 0 Å². The van der Waals surface area contributed by atoms with Gasteiger partial charge in [-0.2, -0.15) is 0 Å². The average molecular weight is 209 g/mol. The Labute approximate surface area is 88.1 Å². The lowest BCUT2D eigenvalue weighted by molar-refractivity contribution is -0.148. The molecule has 1 saturated heterocycles. The molecule has 0 bridgehead atoms. The number of primary amides is 1. The highest BCUT2D eigenvalue weighted by molar-refractivity contribution is 5.90. The molecule has 1 aliphatic heterocycles. The minimum absolute atomic E-state index is 0.0192. The predicted molar refractivity (Wildman–Crippen MR) is 54.5 cm³/mol. The van der Waals surface area contributed by atoms with Gasteiger partial charge in [-0.1, -0.05) is 12.2 Å². The Hall–Kier alpha value is -1.36. The summed E-state index contributed by atoms with van der Waals surface area (Å²) >= 11 is 0. The molecule has 3 atom stereocenters. The van der Waals surface area contributed by atoms with Crippen LogP contribution >= 0.6 is 0 Å². The zero-order valence-corrected chi connectivity index (χ0v) is 8.43. The van der Waals surface area contributed by atoms with Crippen LogP contribution in [0, 0.1) is 5.92 Å². The van der Waals surface area contributed by atoms with Crippen LogP contribution in [-0.2, 0) is 9.59 Å². The molecule has 2 amide bonds. The molecule has 1 aliphatic carbocycles. The van der Waals surface area contributed by atoms with Gasteiger partial charge in [-0.25, -0.2) is 0 Å². The van der Waals surface area contributed by atoms with Crippen LogP contribution in [0.15, 0.2) is 12.2 Å². The first kappa shape index (κ1) is 10.2. The van der Waals surface area contributed by atoms with Crippen molar-refractivity contribution in [3.63, 3.8) is 0 Å². The van der Waals surface area contributed by atoms with E-state index in [1.54, 1.807) is 4.90 Å². The van der Waals surface area contributed by atoms with E-state index in [0.29, 0.717) is 19.4 Å². The van der Waals surface area contributed by atoms with E-state index in [1.807, 2.05) is 12.2 Å². The van der Waals surface area contributed by atoms with Crippen LogP contribution in [0.4, 0.5) is 0 Å². The quantitative estimate of drug-likeness (QED) is 0.570. The summed E-state index contributed by atoms with van der Waals surface area (Å²) in [6, 6.07) is -0.435. The number of hydrogen-bond acceptors (Lipinski definition) is 3. The normalized spacial score (nSPS) is 33.9. The van der Waals surface area contributed by atoms with Gasteiger partial charge in [0.05, 0.1) is 5.92 Å². The second-order valence-electron chi connectivity index (χ2n) is 4.13. The van der Waals surface area contributed by atoms with Gasteiger partial charge in [-0.3, -0.25) is 9.59 Å². The molecule has 4 N–H and O–H groups in total. The van der Waals surface area contributed by atoms with Crippen molar-refractivity contribution in [1.29, 1.82) is 0 Å². The standard InChI is InChI=1S/C10H15N3O2/c11-7-2-1-6(5-7)10(15)13-4-3-8(13)9(12)14/h1-2,6-8H,3-5,11H2,(H2,12,14). The van der Waals surface area contributed by atoms with Gasteiger partial charge in [0.25, 0.3) is 0 Å². The summed E-state index contributed by atoms with van der Waals surface area (Å²) in [6.45, 7) is 0.631. The van der Waals surface area contributed by atoms with E-state index < -0.39 is 11.9 Å². The molecule has 5 heteroatoms. The van der Waals surface area contributed by atoms with E-state index in [9.17, 15) is 9.59 Å². The predicted octanol–water partition coefficient (Wildman–Crippen LogP) is -1.02. The molecule has 0 aromatic heterocycles. The molecule has 3 unspecified atom stereocenters. The molecule has 82 valence electrons. The van der Waals surface area contributed by atoms with Gasteiger partial charge < -0.3 is 16.4 Å². The van der Waals surface area contributed by atoms with Gasteiger partial charge in [-0.05, 0) is 12.8 Å². The van der Waals surface area contributed by atoms with E-state index >= 15 is 0 Å². The summed E-state index contributed by atoms with van der Waals surface area (Å²) < 4.78 is 0. The Kier molecular flexibility index (Phi) is 2.48. The van der Waals surface area contributed by atoms with Gasteiger partial charge in [-0.15, -0.1) is 0 Å². The Morgan fingerprint density at radius 3 is 2.47 bits per heavy atom. The largest absolute Gasteiger partial charge is 0.368 e. The minimum atomic E-state index is -0.416. The Morgan fingerprint density at radius 1 is 1.33 bits per heavy atom. The fraction of sp³-hybridized carbons (Fsp3) is 0.600. The number of carbonyl (C=O) groups is 2. The maximum absolute atomic E-state index is 11.9. The number of nitrogens with zero attached hydrogens (tertiary/aromatic N) is 1. The van der Waals surface area contributed by atoms with Crippen LogP contribution in [0.25, 0.3) is 0 Å². The summed E-state index contributed by atoms with van der Waals surface area (Å²) in [4.78, 5) is 24.4. The molecular formula is C10H15N3O2. The summed E-state index contributed by atoms with van der Waals surface area (Å²) in [7, 11) is 0. The van der Waals surface area contributed by atoms with Gasteiger partial charge in [0.2, 0.25) is 11.8 Å². The number of likely N-dealkylation sites (tertiary alicyclic amines) is 1. The number of amides is 2. The monoisotopic (exact) mass is 209 g/mol. The zero-order valence-electron chi connectivity index (χ0n) is 8.43. The van der Waals surface area contributed by atoms with Crippen LogP contribution in [0.5, 0.6) is 0 Å². The molecule has 1 fully saturated rings. The smallest absolute Gasteiger partial charge is 0.240 e. The second-order valence-corrected chi connectivity index (χ2v) is 4.13. The Morgan fingerprint density at radius 2 is 2.07 bits per heavy atom. The highest BCUT2D eigenvalue weighted by Crippen LogP contribution is 2.25. The lowest BCUT2D eigenvalue weighted by atomic mass is 9.97. The lowest BCUT2D eigenvalue weighted by Gasteiger charge is -2.40. The molecule has 0 spiro atoms. The first-order chi connectivity index (χ1) is 7.09. The maximum Gasteiger partial charge on any atom is 0.240 e. The highest BCUT2D eigenvalue weighted by atomic mass is 16.2. The summed E-state index contributed by atoms with van der Waals surface area (Å²) in [6.07, 6.45) is 4.98. The number of hydrogen-bond donors (Lipinski definition) is 2. The molecule has 0 aromatic rings. The topological polar surface area (TPSA) is 89.4 Å². The summed E-state index contributed by atoms with van der Waals surface area (Å²) in [5, 5.41) is 0. The second kappa shape index (κ2) is 3.66. The van der Waals surface area contributed by atoms with Crippen molar-refractivity contribution in [2.75, 3.05) is 6.54 Å². The van der Waals surface area contributed by atoms with Gasteiger partial charge in [0.1, 0.15) is 6.04 Å². The van der Waals surface area contributed by atoms with E-state index in [2.05, 4.69) is 0 Å². The molecule has 0 saturated carbocycles.